The van der Waals surface area contributed by atoms with Gasteiger partial charge in [0.2, 0.25) is 0 Å². The van der Waals surface area contributed by atoms with Crippen molar-refractivity contribution in [1.82, 2.24) is 0 Å². The van der Waals surface area contributed by atoms with Crippen LogP contribution >= 0.6 is 0 Å². The number of benzene rings is 1. The Morgan fingerprint density at radius 3 is 2.50 bits per heavy atom. The Labute approximate surface area is 128 Å². The zero-order valence-corrected chi connectivity index (χ0v) is 12.7. The van der Waals surface area contributed by atoms with Crippen LogP contribution in [-0.2, 0) is 6.18 Å². The minimum atomic E-state index is -4.45. The van der Waals surface area contributed by atoms with Crippen molar-refractivity contribution in [2.75, 3.05) is 6.61 Å². The Balaban J connectivity index is 2.33. The van der Waals surface area contributed by atoms with Crippen LogP contribution in [0.4, 0.5) is 13.2 Å². The van der Waals surface area contributed by atoms with Gasteiger partial charge in [-0.1, -0.05) is 26.2 Å². The number of alkyl halides is 3. The van der Waals surface area contributed by atoms with Crippen molar-refractivity contribution in [2.45, 2.75) is 51.6 Å². The Morgan fingerprint density at radius 2 is 1.91 bits per heavy atom. The molecule has 5 heteroatoms. The molecule has 0 amide bonds. The molecule has 22 heavy (non-hydrogen) atoms. The van der Waals surface area contributed by atoms with Crippen molar-refractivity contribution < 1.29 is 22.7 Å². The molecule has 2 nitrogen and oxygen atoms in total. The monoisotopic (exact) mass is 314 g/mol. The van der Waals surface area contributed by atoms with Crippen molar-refractivity contribution in [3.63, 3.8) is 0 Å². The van der Waals surface area contributed by atoms with E-state index in [4.69, 9.17) is 4.74 Å². The lowest BCUT2D eigenvalue weighted by molar-refractivity contribution is -0.137. The smallest absolute Gasteiger partial charge is 0.416 e. The summed E-state index contributed by atoms with van der Waals surface area (Å²) in [6.45, 7) is 2.29. The van der Waals surface area contributed by atoms with Gasteiger partial charge in [0.1, 0.15) is 5.75 Å². The van der Waals surface area contributed by atoms with Gasteiger partial charge in [-0.2, -0.15) is 13.2 Å². The number of carbonyl (C=O) groups excluding carboxylic acids is 1. The topological polar surface area (TPSA) is 26.3 Å². The number of Topliss-reactive ketones (excluding diaryl/α,β-unsaturated/α-hetero) is 1. The second kappa shape index (κ2) is 7.16. The molecule has 0 aliphatic heterocycles. The van der Waals surface area contributed by atoms with Crippen LogP contribution < -0.4 is 4.74 Å². The number of ether oxygens (including phenoxy) is 1. The van der Waals surface area contributed by atoms with Gasteiger partial charge >= 0.3 is 6.18 Å². The van der Waals surface area contributed by atoms with Crippen LogP contribution in [0.25, 0.3) is 0 Å². The van der Waals surface area contributed by atoms with E-state index in [9.17, 15) is 18.0 Å². The third-order valence-electron chi connectivity index (χ3n) is 4.01. The number of hydrogen-bond donors (Lipinski definition) is 0. The summed E-state index contributed by atoms with van der Waals surface area (Å²) < 4.78 is 44.2. The van der Waals surface area contributed by atoms with E-state index in [-0.39, 0.29) is 23.0 Å². The van der Waals surface area contributed by atoms with Crippen molar-refractivity contribution in [3.05, 3.63) is 29.3 Å². The van der Waals surface area contributed by atoms with Gasteiger partial charge in [-0.3, -0.25) is 4.79 Å². The maximum Gasteiger partial charge on any atom is 0.416 e. The summed E-state index contributed by atoms with van der Waals surface area (Å²) in [5, 5.41) is 0. The number of rotatable bonds is 5. The lowest BCUT2D eigenvalue weighted by atomic mass is 9.83. The average molecular weight is 314 g/mol. The van der Waals surface area contributed by atoms with Gasteiger partial charge in [0.15, 0.2) is 5.78 Å². The van der Waals surface area contributed by atoms with Crippen LogP contribution in [0.2, 0.25) is 0 Å². The van der Waals surface area contributed by atoms with E-state index >= 15 is 0 Å². The fraction of sp³-hybridized carbons (Fsp3) is 0.588. The number of hydrogen-bond acceptors (Lipinski definition) is 2. The third-order valence-corrected chi connectivity index (χ3v) is 4.01. The summed E-state index contributed by atoms with van der Waals surface area (Å²) in [6.07, 6.45) is 0.792. The lowest BCUT2D eigenvalue weighted by Gasteiger charge is -2.22. The molecule has 0 unspecified atom stereocenters. The maximum absolute atomic E-state index is 12.9. The molecule has 1 aliphatic carbocycles. The highest BCUT2D eigenvalue weighted by Gasteiger charge is 2.33. The average Bonchev–Trinajstić information content (AvgIpc) is 2.52. The van der Waals surface area contributed by atoms with Gasteiger partial charge in [-0.25, -0.2) is 0 Å². The highest BCUT2D eigenvalue weighted by atomic mass is 19.4. The van der Waals surface area contributed by atoms with Crippen LogP contribution in [0.15, 0.2) is 18.2 Å². The van der Waals surface area contributed by atoms with Crippen LogP contribution in [-0.4, -0.2) is 12.4 Å². The molecule has 0 heterocycles. The molecule has 0 N–H and O–H groups in total. The summed E-state index contributed by atoms with van der Waals surface area (Å²) in [7, 11) is 0. The van der Waals surface area contributed by atoms with Gasteiger partial charge in [0.25, 0.3) is 0 Å². The standard InChI is InChI=1S/C17H21F3O2/c1-2-10-22-15-9-8-13(17(18,19)20)11-14(15)16(21)12-6-4-3-5-7-12/h8-9,11-12H,2-7,10H2,1H3. The number of carbonyl (C=O) groups is 1. The summed E-state index contributed by atoms with van der Waals surface area (Å²) >= 11 is 0. The first-order chi connectivity index (χ1) is 10.4. The van der Waals surface area contributed by atoms with E-state index in [1.165, 1.54) is 6.07 Å². The number of halogens is 3. The molecule has 1 aliphatic rings. The fourth-order valence-corrected chi connectivity index (χ4v) is 2.82. The molecule has 0 saturated heterocycles. The van der Waals surface area contributed by atoms with Gasteiger partial charge < -0.3 is 4.74 Å². The van der Waals surface area contributed by atoms with Crippen LogP contribution in [0.3, 0.4) is 0 Å². The van der Waals surface area contributed by atoms with E-state index < -0.39 is 11.7 Å². The Kier molecular flexibility index (Phi) is 5.48. The van der Waals surface area contributed by atoms with Crippen LogP contribution in [0.5, 0.6) is 5.75 Å². The molecular formula is C17H21F3O2. The Morgan fingerprint density at radius 1 is 1.23 bits per heavy atom. The minimum Gasteiger partial charge on any atom is -0.493 e. The van der Waals surface area contributed by atoms with Gasteiger partial charge in [0, 0.05) is 5.92 Å². The Bertz CT molecular complexity index is 517. The fourth-order valence-electron chi connectivity index (χ4n) is 2.82. The minimum absolute atomic E-state index is 0.0789. The molecule has 1 saturated carbocycles. The van der Waals surface area contributed by atoms with Crippen molar-refractivity contribution >= 4 is 5.78 Å². The highest BCUT2D eigenvalue weighted by molar-refractivity contribution is 6.00. The molecular weight excluding hydrogens is 293 g/mol. The molecule has 2 rings (SSSR count). The zero-order valence-electron chi connectivity index (χ0n) is 12.7. The van der Waals surface area contributed by atoms with Crippen molar-refractivity contribution in [3.8, 4) is 5.75 Å². The first kappa shape index (κ1) is 16.8. The van der Waals surface area contributed by atoms with E-state index in [0.29, 0.717) is 6.61 Å². The van der Waals surface area contributed by atoms with E-state index in [0.717, 1.165) is 50.7 Å². The second-order valence-corrected chi connectivity index (χ2v) is 5.76. The van der Waals surface area contributed by atoms with Crippen LogP contribution in [0.1, 0.15) is 61.4 Å². The van der Waals surface area contributed by atoms with Crippen LogP contribution in [0, 0.1) is 5.92 Å². The second-order valence-electron chi connectivity index (χ2n) is 5.76. The quantitative estimate of drug-likeness (QED) is 0.693. The molecule has 0 aromatic heterocycles. The summed E-state index contributed by atoms with van der Waals surface area (Å²) in [5.74, 6) is -0.122. The van der Waals surface area contributed by atoms with Gasteiger partial charge in [0.05, 0.1) is 17.7 Å². The predicted octanol–water partition coefficient (Wildman–Crippen LogP) is 5.26. The van der Waals surface area contributed by atoms with Crippen molar-refractivity contribution in [2.24, 2.45) is 5.92 Å². The number of ketones is 1. The van der Waals surface area contributed by atoms with Gasteiger partial charge in [-0.15, -0.1) is 0 Å². The van der Waals surface area contributed by atoms with E-state index in [1.54, 1.807) is 0 Å². The first-order valence-electron chi connectivity index (χ1n) is 7.81. The summed E-state index contributed by atoms with van der Waals surface area (Å²) in [6, 6.07) is 3.19. The van der Waals surface area contributed by atoms with Gasteiger partial charge in [-0.05, 0) is 37.5 Å². The molecule has 0 bridgehead atoms. The maximum atomic E-state index is 12.9. The first-order valence-corrected chi connectivity index (χ1v) is 7.81. The molecule has 0 radical (unpaired) electrons. The zero-order chi connectivity index (χ0) is 16.2. The molecule has 122 valence electrons. The largest absolute Gasteiger partial charge is 0.493 e. The predicted molar refractivity (Wildman–Crippen MR) is 78.1 cm³/mol. The molecule has 0 atom stereocenters. The van der Waals surface area contributed by atoms with E-state index in [1.807, 2.05) is 6.92 Å². The Hall–Kier alpha value is -1.52. The molecule has 1 aromatic rings. The molecule has 1 aromatic carbocycles. The lowest BCUT2D eigenvalue weighted by Crippen LogP contribution is -2.20. The highest BCUT2D eigenvalue weighted by Crippen LogP contribution is 2.35. The molecule has 0 spiro atoms. The normalized spacial score (nSPS) is 16.5. The van der Waals surface area contributed by atoms with Crippen molar-refractivity contribution in [1.29, 1.82) is 0 Å². The SMILES string of the molecule is CCCOc1ccc(C(F)(F)F)cc1C(=O)C1CCCCC1. The third kappa shape index (κ3) is 4.02. The summed E-state index contributed by atoms with van der Waals surface area (Å²) in [5.41, 5.74) is -0.717. The van der Waals surface area contributed by atoms with E-state index in [2.05, 4.69) is 0 Å². The molecule has 1 fully saturated rings. The summed E-state index contributed by atoms with van der Waals surface area (Å²) in [4.78, 5) is 12.6.